The quantitative estimate of drug-likeness (QED) is 0.493. The predicted octanol–water partition coefficient (Wildman–Crippen LogP) is 7.43. The Kier molecular flexibility index (Phi) is 12.2. The molecular weight excluding hydrogens is 310 g/mol. The second-order valence-corrected chi connectivity index (χ2v) is 4.04. The van der Waals surface area contributed by atoms with Crippen LogP contribution in [0.5, 0.6) is 5.75 Å². The van der Waals surface area contributed by atoms with E-state index in [0.29, 0.717) is 11.2 Å². The number of phenolic OH excluding ortho intramolecular Hbond substituents is 1. The molecule has 0 amide bonds. The Morgan fingerprint density at radius 3 is 2.00 bits per heavy atom. The van der Waals surface area contributed by atoms with Gasteiger partial charge in [0.1, 0.15) is 11.3 Å². The summed E-state index contributed by atoms with van der Waals surface area (Å²) >= 11 is 0. The lowest BCUT2D eigenvalue weighted by Crippen LogP contribution is -1.79. The summed E-state index contributed by atoms with van der Waals surface area (Å²) in [7, 11) is 0. The Labute approximate surface area is 151 Å². The first-order valence-electron chi connectivity index (χ1n) is 8.88. The van der Waals surface area contributed by atoms with Crippen LogP contribution >= 0.6 is 0 Å². The number of fused-ring (bicyclic) bond motifs is 1. The van der Waals surface area contributed by atoms with Crippen LogP contribution in [0, 0.1) is 0 Å². The molecule has 0 atom stereocenters. The Balaban J connectivity index is 0.000000871. The molecule has 0 aliphatic carbocycles. The second-order valence-electron chi connectivity index (χ2n) is 4.04. The number of aromatic hydroxyl groups is 1. The van der Waals surface area contributed by atoms with E-state index in [0.717, 1.165) is 11.1 Å². The molecule has 0 saturated heterocycles. The molecule has 0 aliphatic heterocycles. The van der Waals surface area contributed by atoms with Crippen LogP contribution in [0.1, 0.15) is 41.5 Å². The summed E-state index contributed by atoms with van der Waals surface area (Å²) in [6, 6.07) is 16.5. The van der Waals surface area contributed by atoms with Crippen LogP contribution in [0.15, 0.2) is 71.0 Å². The molecule has 0 radical (unpaired) electrons. The first-order valence-corrected chi connectivity index (χ1v) is 8.88. The summed E-state index contributed by atoms with van der Waals surface area (Å²) in [5, 5.41) is 18.9. The van der Waals surface area contributed by atoms with Crippen LogP contribution in [0.4, 0.5) is 11.4 Å². The van der Waals surface area contributed by atoms with E-state index in [1.54, 1.807) is 18.3 Å². The average molecular weight is 339 g/mol. The zero-order valence-corrected chi connectivity index (χ0v) is 16.1. The van der Waals surface area contributed by atoms with Crippen LogP contribution in [0.25, 0.3) is 10.9 Å². The van der Waals surface area contributed by atoms with E-state index < -0.39 is 0 Å². The number of rotatable bonds is 2. The summed E-state index contributed by atoms with van der Waals surface area (Å²) in [5.74, 6) is 0.147. The van der Waals surface area contributed by atoms with E-state index in [-0.39, 0.29) is 5.75 Å². The zero-order chi connectivity index (χ0) is 19.1. The van der Waals surface area contributed by atoms with Gasteiger partial charge in [-0.25, -0.2) is 0 Å². The molecule has 4 heteroatoms. The highest BCUT2D eigenvalue weighted by atomic mass is 16.3. The fraction of sp³-hybridized carbons (Fsp3) is 0.286. The van der Waals surface area contributed by atoms with E-state index >= 15 is 0 Å². The van der Waals surface area contributed by atoms with Crippen molar-refractivity contribution in [3.05, 3.63) is 60.8 Å². The fourth-order valence-corrected chi connectivity index (χ4v) is 1.84. The van der Waals surface area contributed by atoms with Crippen LogP contribution in [-0.4, -0.2) is 10.1 Å². The highest BCUT2D eigenvalue weighted by Crippen LogP contribution is 2.31. The lowest BCUT2D eigenvalue weighted by atomic mass is 10.2. The van der Waals surface area contributed by atoms with Gasteiger partial charge in [-0.3, -0.25) is 4.98 Å². The van der Waals surface area contributed by atoms with Crippen molar-refractivity contribution in [3.8, 4) is 5.75 Å². The van der Waals surface area contributed by atoms with Crippen LogP contribution in [0.3, 0.4) is 0 Å². The topological polar surface area (TPSA) is 57.8 Å². The number of azo groups is 1. The first kappa shape index (κ1) is 22.2. The molecule has 3 rings (SSSR count). The molecule has 0 aliphatic rings. The minimum absolute atomic E-state index is 0.147. The molecule has 1 aromatic heterocycles. The summed E-state index contributed by atoms with van der Waals surface area (Å²) in [5.41, 5.74) is 2.00. The molecule has 1 N–H and O–H groups in total. The van der Waals surface area contributed by atoms with Crippen molar-refractivity contribution in [2.45, 2.75) is 41.5 Å². The van der Waals surface area contributed by atoms with Gasteiger partial charge in [-0.15, -0.1) is 5.11 Å². The van der Waals surface area contributed by atoms with Crippen molar-refractivity contribution in [2.24, 2.45) is 10.2 Å². The third kappa shape index (κ3) is 6.71. The van der Waals surface area contributed by atoms with Crippen molar-refractivity contribution in [3.63, 3.8) is 0 Å². The second kappa shape index (κ2) is 13.7. The van der Waals surface area contributed by atoms with E-state index in [4.69, 9.17) is 0 Å². The zero-order valence-electron chi connectivity index (χ0n) is 16.1. The lowest BCUT2D eigenvalue weighted by Gasteiger charge is -2.02. The predicted molar refractivity (Wildman–Crippen MR) is 108 cm³/mol. The maximum atomic E-state index is 9.75. The molecule has 4 nitrogen and oxygen atoms in total. The first-order chi connectivity index (χ1) is 12.3. The summed E-state index contributed by atoms with van der Waals surface area (Å²) < 4.78 is 0. The molecule has 0 saturated carbocycles. The van der Waals surface area contributed by atoms with E-state index in [1.165, 1.54) is 0 Å². The molecular formula is C21H29N3O. The van der Waals surface area contributed by atoms with Crippen molar-refractivity contribution in [2.75, 3.05) is 0 Å². The van der Waals surface area contributed by atoms with Crippen molar-refractivity contribution >= 4 is 22.3 Å². The van der Waals surface area contributed by atoms with Gasteiger partial charge in [0.25, 0.3) is 0 Å². The third-order valence-corrected chi connectivity index (χ3v) is 2.75. The average Bonchev–Trinajstić information content (AvgIpc) is 2.73. The van der Waals surface area contributed by atoms with Crippen molar-refractivity contribution in [1.29, 1.82) is 0 Å². The third-order valence-electron chi connectivity index (χ3n) is 2.75. The molecule has 134 valence electrons. The van der Waals surface area contributed by atoms with Gasteiger partial charge in [0.05, 0.1) is 11.4 Å². The maximum Gasteiger partial charge on any atom is 0.141 e. The molecule has 0 fully saturated rings. The van der Waals surface area contributed by atoms with Gasteiger partial charge in [0.2, 0.25) is 0 Å². The Bertz CT molecular complexity index is 740. The van der Waals surface area contributed by atoms with Gasteiger partial charge in [0, 0.05) is 11.6 Å². The number of hydrogen-bond acceptors (Lipinski definition) is 4. The van der Waals surface area contributed by atoms with Crippen LogP contribution < -0.4 is 0 Å². The number of pyridine rings is 1. The largest absolute Gasteiger partial charge is 0.506 e. The minimum atomic E-state index is 0.147. The number of aromatic nitrogens is 1. The highest BCUT2D eigenvalue weighted by molar-refractivity contribution is 5.93. The van der Waals surface area contributed by atoms with Crippen LogP contribution in [0.2, 0.25) is 0 Å². The van der Waals surface area contributed by atoms with E-state index in [1.807, 2.05) is 84.0 Å². The van der Waals surface area contributed by atoms with Gasteiger partial charge in [0.15, 0.2) is 0 Å². The van der Waals surface area contributed by atoms with Crippen LogP contribution in [-0.2, 0) is 0 Å². The monoisotopic (exact) mass is 339 g/mol. The number of nitrogens with zero attached hydrogens (tertiary/aromatic N) is 3. The number of benzene rings is 2. The standard InChI is InChI=1S/C15H11N3O.3C2H6/c19-14-9-8-13(12-7-4-10-16-15(12)14)18-17-11-5-2-1-3-6-11;3*1-2/h1-10,19H;3*1-2H3. The molecule has 0 bridgehead atoms. The maximum absolute atomic E-state index is 9.75. The van der Waals surface area contributed by atoms with Gasteiger partial charge >= 0.3 is 0 Å². The van der Waals surface area contributed by atoms with Gasteiger partial charge in [-0.05, 0) is 36.4 Å². The lowest BCUT2D eigenvalue weighted by molar-refractivity contribution is 0.480. The van der Waals surface area contributed by atoms with Crippen molar-refractivity contribution < 1.29 is 5.11 Å². The number of phenols is 1. The van der Waals surface area contributed by atoms with E-state index in [9.17, 15) is 5.11 Å². The Morgan fingerprint density at radius 1 is 0.720 bits per heavy atom. The Morgan fingerprint density at radius 2 is 1.36 bits per heavy atom. The summed E-state index contributed by atoms with van der Waals surface area (Å²) in [6.45, 7) is 12.0. The molecule has 0 spiro atoms. The van der Waals surface area contributed by atoms with Gasteiger partial charge in [-0.2, -0.15) is 5.11 Å². The normalized spacial score (nSPS) is 9.20. The summed E-state index contributed by atoms with van der Waals surface area (Å²) in [6.07, 6.45) is 1.64. The highest BCUT2D eigenvalue weighted by Gasteiger charge is 2.04. The minimum Gasteiger partial charge on any atom is -0.506 e. The Hall–Kier alpha value is -2.75. The molecule has 2 aromatic carbocycles. The van der Waals surface area contributed by atoms with Gasteiger partial charge in [-0.1, -0.05) is 59.7 Å². The molecule has 3 aromatic rings. The molecule has 1 heterocycles. The SMILES string of the molecule is CC.CC.CC.Oc1ccc(N=Nc2ccccc2)c2cccnc12. The molecule has 25 heavy (non-hydrogen) atoms. The summed E-state index contributed by atoms with van der Waals surface area (Å²) in [4.78, 5) is 4.14. The fourth-order valence-electron chi connectivity index (χ4n) is 1.84. The van der Waals surface area contributed by atoms with Gasteiger partial charge < -0.3 is 5.11 Å². The smallest absolute Gasteiger partial charge is 0.141 e. The number of hydrogen-bond donors (Lipinski definition) is 1. The van der Waals surface area contributed by atoms with Crippen molar-refractivity contribution in [1.82, 2.24) is 4.98 Å². The van der Waals surface area contributed by atoms with E-state index in [2.05, 4.69) is 15.2 Å². The molecule has 0 unspecified atom stereocenters.